The van der Waals surface area contributed by atoms with Gasteiger partial charge in [0.05, 0.1) is 15.8 Å². The molecule has 0 aromatic carbocycles. The molecule has 2 rings (SSSR count). The molecular weight excluding hydrogens is 239 g/mol. The lowest BCUT2D eigenvalue weighted by atomic mass is 10.2. The van der Waals surface area contributed by atoms with Crippen LogP contribution in [0.2, 0.25) is 8.67 Å². The van der Waals surface area contributed by atoms with Gasteiger partial charge >= 0.3 is 0 Å². The Labute approximate surface area is 88.9 Å². The molecule has 0 saturated heterocycles. The molecule has 0 unspecified atom stereocenters. The van der Waals surface area contributed by atoms with Crippen molar-refractivity contribution >= 4 is 46.1 Å². The molecular formula is C7H5Cl3OS. The summed E-state index contributed by atoms with van der Waals surface area (Å²) in [4.78, 5) is 0. The van der Waals surface area contributed by atoms with Crippen molar-refractivity contribution in [1.29, 1.82) is 0 Å². The first-order chi connectivity index (χ1) is 5.61. The average molecular weight is 244 g/mol. The quantitative estimate of drug-likeness (QED) is 0.688. The number of rotatable bonds is 0. The highest BCUT2D eigenvalue weighted by Gasteiger charge is 2.34. The number of hydrogen-bond donors (Lipinski definition) is 1. The summed E-state index contributed by atoms with van der Waals surface area (Å²) in [5, 5.41) is 9.34. The lowest BCUT2D eigenvalue weighted by molar-refractivity contribution is 0.179. The van der Waals surface area contributed by atoms with Crippen molar-refractivity contribution in [2.45, 2.75) is 17.9 Å². The molecule has 0 aliphatic heterocycles. The van der Waals surface area contributed by atoms with E-state index in [1.165, 1.54) is 11.3 Å². The molecule has 12 heavy (non-hydrogen) atoms. The lowest BCUT2D eigenvalue weighted by Gasteiger charge is -2.00. The predicted molar refractivity (Wildman–Crippen MR) is 52.5 cm³/mol. The van der Waals surface area contributed by atoms with Gasteiger partial charge < -0.3 is 5.11 Å². The van der Waals surface area contributed by atoms with E-state index >= 15 is 0 Å². The van der Waals surface area contributed by atoms with E-state index in [2.05, 4.69) is 0 Å². The van der Waals surface area contributed by atoms with Gasteiger partial charge in [-0.3, -0.25) is 0 Å². The largest absolute Gasteiger partial charge is 0.388 e. The van der Waals surface area contributed by atoms with Crippen LogP contribution in [0.1, 0.15) is 29.0 Å². The Morgan fingerprint density at radius 3 is 2.42 bits per heavy atom. The zero-order valence-electron chi connectivity index (χ0n) is 5.85. The smallest absolute Gasteiger partial charge is 0.101 e. The van der Waals surface area contributed by atoms with Gasteiger partial charge in [0.25, 0.3) is 0 Å². The van der Waals surface area contributed by atoms with Gasteiger partial charge in [-0.2, -0.15) is 0 Å². The maximum atomic E-state index is 9.53. The van der Waals surface area contributed by atoms with Gasteiger partial charge in [0.2, 0.25) is 0 Å². The van der Waals surface area contributed by atoms with E-state index in [-0.39, 0.29) is 5.38 Å². The summed E-state index contributed by atoms with van der Waals surface area (Å²) in [6.07, 6.45) is -0.0297. The van der Waals surface area contributed by atoms with E-state index in [4.69, 9.17) is 34.8 Å². The van der Waals surface area contributed by atoms with Crippen molar-refractivity contribution < 1.29 is 5.11 Å². The maximum Gasteiger partial charge on any atom is 0.101 e. The first-order valence-corrected chi connectivity index (χ1v) is 5.42. The highest BCUT2D eigenvalue weighted by atomic mass is 35.5. The van der Waals surface area contributed by atoms with Crippen LogP contribution < -0.4 is 0 Å². The highest BCUT2D eigenvalue weighted by molar-refractivity contribution is 7.20. The van der Waals surface area contributed by atoms with Crippen molar-refractivity contribution in [2.75, 3.05) is 0 Å². The van der Waals surface area contributed by atoms with Crippen molar-refractivity contribution in [2.24, 2.45) is 0 Å². The molecule has 1 aromatic heterocycles. The molecule has 1 aliphatic rings. The van der Waals surface area contributed by atoms with Gasteiger partial charge in [0.1, 0.15) is 4.34 Å². The summed E-state index contributed by atoms with van der Waals surface area (Å²) in [7, 11) is 0. The van der Waals surface area contributed by atoms with Crippen LogP contribution >= 0.6 is 46.1 Å². The van der Waals surface area contributed by atoms with Crippen LogP contribution in [-0.2, 0) is 0 Å². The van der Waals surface area contributed by atoms with Gasteiger partial charge in [0.15, 0.2) is 0 Å². The molecule has 1 aliphatic carbocycles. The van der Waals surface area contributed by atoms with Crippen LogP contribution in [0.4, 0.5) is 0 Å². The molecule has 0 saturated carbocycles. The number of aliphatic hydroxyl groups excluding tert-OH is 1. The molecule has 0 amide bonds. The lowest BCUT2D eigenvalue weighted by Crippen LogP contribution is -1.88. The van der Waals surface area contributed by atoms with E-state index in [1.54, 1.807) is 0 Å². The monoisotopic (exact) mass is 242 g/mol. The van der Waals surface area contributed by atoms with Gasteiger partial charge in [-0.25, -0.2) is 0 Å². The Hall–Kier alpha value is 0.530. The van der Waals surface area contributed by atoms with E-state index in [0.717, 1.165) is 11.1 Å². The fourth-order valence-corrected chi connectivity index (χ4v) is 3.87. The summed E-state index contributed by atoms with van der Waals surface area (Å²) < 4.78 is 1.16. The molecule has 1 heterocycles. The summed E-state index contributed by atoms with van der Waals surface area (Å²) >= 11 is 19.0. The van der Waals surface area contributed by atoms with E-state index in [1.807, 2.05) is 0 Å². The zero-order valence-corrected chi connectivity index (χ0v) is 8.94. The third kappa shape index (κ3) is 1.17. The Morgan fingerprint density at radius 1 is 1.25 bits per heavy atom. The predicted octanol–water partition coefficient (Wildman–Crippen LogP) is 3.77. The van der Waals surface area contributed by atoms with E-state index in [0.29, 0.717) is 15.1 Å². The molecule has 5 heteroatoms. The van der Waals surface area contributed by atoms with E-state index < -0.39 is 6.10 Å². The normalized spacial score (nSPS) is 27.7. The average Bonchev–Trinajstić information content (AvgIpc) is 2.38. The topological polar surface area (TPSA) is 20.2 Å². The van der Waals surface area contributed by atoms with Crippen molar-refractivity contribution in [3.63, 3.8) is 0 Å². The second kappa shape index (κ2) is 3.03. The Bertz CT molecular complexity index is 294. The Morgan fingerprint density at radius 2 is 1.83 bits per heavy atom. The molecule has 0 bridgehead atoms. The number of thiophene rings is 1. The second-order valence-electron chi connectivity index (χ2n) is 2.70. The van der Waals surface area contributed by atoms with Crippen LogP contribution in [0.25, 0.3) is 0 Å². The first kappa shape index (κ1) is 9.10. The fraction of sp³-hybridized carbons (Fsp3) is 0.429. The molecule has 1 aromatic rings. The minimum absolute atomic E-state index is 0.189. The standard InChI is InChI=1S/C7H5Cl3OS/c8-2-1-3(11)5-4(2)6(9)12-7(5)10/h2-3,11H,1H2/t2-,3+/m0/s1. The third-order valence-corrected chi connectivity index (χ3v) is 4.03. The highest BCUT2D eigenvalue weighted by Crippen LogP contribution is 2.52. The Kier molecular flexibility index (Phi) is 2.30. The molecule has 0 fully saturated rings. The van der Waals surface area contributed by atoms with Crippen LogP contribution in [0, 0.1) is 0 Å². The molecule has 1 nitrogen and oxygen atoms in total. The zero-order chi connectivity index (χ0) is 8.88. The SMILES string of the molecule is O[C@@H]1C[C@H](Cl)c2c(Cl)sc(Cl)c21. The van der Waals surface area contributed by atoms with Crippen molar-refractivity contribution in [3.05, 3.63) is 19.8 Å². The van der Waals surface area contributed by atoms with Gasteiger partial charge in [-0.05, 0) is 6.42 Å². The second-order valence-corrected chi connectivity index (χ2v) is 5.45. The maximum absolute atomic E-state index is 9.53. The summed E-state index contributed by atoms with van der Waals surface area (Å²) in [6.45, 7) is 0. The van der Waals surface area contributed by atoms with Crippen molar-refractivity contribution in [3.8, 4) is 0 Å². The fourth-order valence-electron chi connectivity index (χ4n) is 1.43. The minimum atomic E-state index is -0.543. The van der Waals surface area contributed by atoms with Gasteiger partial charge in [0, 0.05) is 11.1 Å². The summed E-state index contributed by atoms with van der Waals surface area (Å²) in [6, 6.07) is 0. The van der Waals surface area contributed by atoms with Crippen LogP contribution in [-0.4, -0.2) is 5.11 Å². The number of hydrogen-bond acceptors (Lipinski definition) is 2. The van der Waals surface area contributed by atoms with Crippen LogP contribution in [0.15, 0.2) is 0 Å². The number of aliphatic hydroxyl groups is 1. The number of alkyl halides is 1. The van der Waals surface area contributed by atoms with Gasteiger partial charge in [-0.15, -0.1) is 22.9 Å². The van der Waals surface area contributed by atoms with Crippen molar-refractivity contribution in [1.82, 2.24) is 0 Å². The molecule has 66 valence electrons. The van der Waals surface area contributed by atoms with Crippen LogP contribution in [0.5, 0.6) is 0 Å². The molecule has 1 N–H and O–H groups in total. The van der Waals surface area contributed by atoms with Gasteiger partial charge in [-0.1, -0.05) is 23.2 Å². The minimum Gasteiger partial charge on any atom is -0.388 e. The van der Waals surface area contributed by atoms with E-state index in [9.17, 15) is 5.11 Å². The Balaban J connectivity index is 2.62. The first-order valence-electron chi connectivity index (χ1n) is 3.41. The molecule has 0 radical (unpaired) electrons. The molecule has 0 spiro atoms. The van der Waals surface area contributed by atoms with Crippen LogP contribution in [0.3, 0.4) is 0 Å². The summed E-state index contributed by atoms with van der Waals surface area (Å²) in [5.74, 6) is 0. The number of halogens is 3. The third-order valence-electron chi connectivity index (χ3n) is 1.97. The summed E-state index contributed by atoms with van der Waals surface area (Å²) in [5.41, 5.74) is 1.55. The molecule has 2 atom stereocenters. The number of fused-ring (bicyclic) bond motifs is 1.